The van der Waals surface area contributed by atoms with Gasteiger partial charge in [-0.05, 0) is 41.1 Å². The van der Waals surface area contributed by atoms with Crippen LogP contribution in [0.4, 0.5) is 0 Å². The highest BCUT2D eigenvalue weighted by molar-refractivity contribution is 7.89. The number of fused-ring (bicyclic) bond motifs is 2. The fourth-order valence-corrected chi connectivity index (χ4v) is 6.44. The van der Waals surface area contributed by atoms with Gasteiger partial charge in [0.2, 0.25) is 10.0 Å². The first-order valence-corrected chi connectivity index (χ1v) is 12.0. The van der Waals surface area contributed by atoms with Crippen LogP contribution in [0.3, 0.4) is 0 Å². The number of aryl methyl sites for hydroxylation is 1. The van der Waals surface area contributed by atoms with E-state index in [0.29, 0.717) is 6.54 Å². The summed E-state index contributed by atoms with van der Waals surface area (Å²) in [4.78, 5) is 1.27. The molecule has 0 saturated carbocycles. The van der Waals surface area contributed by atoms with Gasteiger partial charge in [-0.2, -0.15) is 4.31 Å². The molecule has 0 N–H and O–H groups in total. The topological polar surface area (TPSA) is 68.1 Å². The Morgan fingerprint density at radius 2 is 1.83 bits per heavy atom. The molecule has 2 aromatic carbocycles. The smallest absolute Gasteiger partial charge is 0.216 e. The zero-order valence-electron chi connectivity index (χ0n) is 15.7. The number of hydrogen-bond donors (Lipinski definition) is 0. The molecule has 1 aliphatic heterocycles. The summed E-state index contributed by atoms with van der Waals surface area (Å²) < 4.78 is 30.1. The maximum Gasteiger partial charge on any atom is 0.216 e. The Morgan fingerprint density at radius 1 is 1.03 bits per heavy atom. The van der Waals surface area contributed by atoms with E-state index in [2.05, 4.69) is 21.8 Å². The van der Waals surface area contributed by atoms with Gasteiger partial charge in [0.25, 0.3) is 0 Å². The number of nitrogens with zero attached hydrogens (tertiary/aromatic N) is 4. The minimum atomic E-state index is -3.50. The zero-order valence-corrected chi connectivity index (χ0v) is 17.3. The second-order valence-corrected chi connectivity index (χ2v) is 10.1. The molecule has 4 aromatic rings. The highest BCUT2D eigenvalue weighted by Crippen LogP contribution is 2.39. The lowest BCUT2D eigenvalue weighted by Crippen LogP contribution is -2.41. The molecule has 0 bridgehead atoms. The third-order valence-electron chi connectivity index (χ3n) is 5.38. The van der Waals surface area contributed by atoms with E-state index in [9.17, 15) is 8.42 Å². The number of aromatic nitrogens is 3. The Labute approximate surface area is 173 Å². The van der Waals surface area contributed by atoms with Crippen molar-refractivity contribution in [3.05, 3.63) is 82.0 Å². The average Bonchev–Trinajstić information content (AvgIpc) is 3.39. The van der Waals surface area contributed by atoms with Crippen molar-refractivity contribution in [1.82, 2.24) is 19.3 Å². The molecule has 0 spiro atoms. The van der Waals surface area contributed by atoms with Crippen LogP contribution in [0, 0.1) is 0 Å². The van der Waals surface area contributed by atoms with Crippen LogP contribution in [0.15, 0.2) is 66.0 Å². The van der Waals surface area contributed by atoms with Crippen LogP contribution >= 0.6 is 11.3 Å². The summed E-state index contributed by atoms with van der Waals surface area (Å²) in [6.07, 6.45) is 0.752. The first kappa shape index (κ1) is 18.5. The highest BCUT2D eigenvalue weighted by Gasteiger charge is 2.36. The predicted molar refractivity (Wildman–Crippen MR) is 114 cm³/mol. The van der Waals surface area contributed by atoms with Gasteiger partial charge in [0.15, 0.2) is 0 Å². The monoisotopic (exact) mass is 424 g/mol. The van der Waals surface area contributed by atoms with E-state index >= 15 is 0 Å². The van der Waals surface area contributed by atoms with Crippen molar-refractivity contribution in [2.24, 2.45) is 0 Å². The molecule has 1 aliphatic rings. The van der Waals surface area contributed by atoms with E-state index in [1.165, 1.54) is 4.88 Å². The van der Waals surface area contributed by atoms with Crippen molar-refractivity contribution < 1.29 is 8.42 Å². The molecule has 0 amide bonds. The van der Waals surface area contributed by atoms with Crippen molar-refractivity contribution >= 4 is 32.4 Å². The lowest BCUT2D eigenvalue weighted by molar-refractivity contribution is 0.345. The van der Waals surface area contributed by atoms with Crippen LogP contribution in [0.1, 0.15) is 22.0 Å². The molecule has 3 heterocycles. The van der Waals surface area contributed by atoms with Crippen LogP contribution in [0.5, 0.6) is 0 Å². The normalized spacial score (nSPS) is 17.4. The fourth-order valence-electron chi connectivity index (χ4n) is 3.98. The van der Waals surface area contributed by atoms with Gasteiger partial charge in [-0.15, -0.1) is 16.4 Å². The van der Waals surface area contributed by atoms with Gasteiger partial charge in [0.05, 0.1) is 23.9 Å². The number of hydrogen-bond acceptors (Lipinski definition) is 5. The molecule has 0 saturated heterocycles. The average molecular weight is 425 g/mol. The Balaban J connectivity index is 1.46. The van der Waals surface area contributed by atoms with Crippen molar-refractivity contribution in [2.75, 3.05) is 12.3 Å². The number of para-hydroxylation sites is 1. The zero-order chi connectivity index (χ0) is 19.8. The summed E-state index contributed by atoms with van der Waals surface area (Å²) in [6.45, 7) is 0.769. The van der Waals surface area contributed by atoms with Gasteiger partial charge in [-0.3, -0.25) is 0 Å². The second-order valence-electron chi connectivity index (χ2n) is 7.09. The van der Waals surface area contributed by atoms with Crippen LogP contribution in [0.25, 0.3) is 11.0 Å². The minimum Gasteiger partial charge on any atom is -0.244 e. The standard InChI is InChI=1S/C21H20N4O2S2/c26-29(27,15-13-24-19-9-5-4-8-18(19)22-23-24)25-12-10-20-17(11-14-28-20)21(25)16-6-2-1-3-7-16/h1-9,11,14,21H,10,12-13,15H2. The molecule has 0 aliphatic carbocycles. The van der Waals surface area contributed by atoms with Crippen molar-refractivity contribution in [1.29, 1.82) is 0 Å². The summed E-state index contributed by atoms with van der Waals surface area (Å²) in [6, 6.07) is 19.3. The molecule has 5 rings (SSSR count). The summed E-state index contributed by atoms with van der Waals surface area (Å²) >= 11 is 1.71. The summed E-state index contributed by atoms with van der Waals surface area (Å²) in [5.74, 6) is -0.0108. The first-order valence-electron chi connectivity index (χ1n) is 9.52. The molecule has 2 aromatic heterocycles. The molecule has 148 valence electrons. The number of thiophene rings is 1. The molecule has 0 radical (unpaired) electrons. The number of sulfonamides is 1. The third kappa shape index (κ3) is 3.37. The van der Waals surface area contributed by atoms with Gasteiger partial charge < -0.3 is 0 Å². The van der Waals surface area contributed by atoms with Gasteiger partial charge >= 0.3 is 0 Å². The van der Waals surface area contributed by atoms with Crippen molar-refractivity contribution in [3.8, 4) is 0 Å². The molecule has 29 heavy (non-hydrogen) atoms. The Kier molecular flexibility index (Phi) is 4.69. The van der Waals surface area contributed by atoms with E-state index < -0.39 is 10.0 Å². The van der Waals surface area contributed by atoms with Crippen molar-refractivity contribution in [2.45, 2.75) is 19.0 Å². The maximum atomic E-state index is 13.4. The lowest BCUT2D eigenvalue weighted by atomic mass is 9.95. The SMILES string of the molecule is O=S(=O)(CCn1nnc2ccccc21)N1CCc2sccc2C1c1ccccc1. The summed E-state index contributed by atoms with van der Waals surface area (Å²) in [7, 11) is -3.50. The van der Waals surface area contributed by atoms with Crippen LogP contribution in [0.2, 0.25) is 0 Å². The van der Waals surface area contributed by atoms with Gasteiger partial charge in [-0.25, -0.2) is 13.1 Å². The first-order chi connectivity index (χ1) is 14.1. The largest absolute Gasteiger partial charge is 0.244 e. The lowest BCUT2D eigenvalue weighted by Gasteiger charge is -2.35. The van der Waals surface area contributed by atoms with E-state index in [4.69, 9.17) is 0 Å². The van der Waals surface area contributed by atoms with Crippen molar-refractivity contribution in [3.63, 3.8) is 0 Å². The number of rotatable bonds is 5. The van der Waals surface area contributed by atoms with Gasteiger partial charge in [-0.1, -0.05) is 47.7 Å². The molecule has 0 fully saturated rings. The molecular weight excluding hydrogens is 404 g/mol. The minimum absolute atomic E-state index is 0.0108. The molecule has 8 heteroatoms. The van der Waals surface area contributed by atoms with E-state index in [0.717, 1.165) is 28.6 Å². The highest BCUT2D eigenvalue weighted by atomic mass is 32.2. The molecular formula is C21H20N4O2S2. The van der Waals surface area contributed by atoms with E-state index in [1.807, 2.05) is 54.6 Å². The van der Waals surface area contributed by atoms with Crippen LogP contribution in [-0.4, -0.2) is 40.0 Å². The Hall–Kier alpha value is -2.55. The molecule has 6 nitrogen and oxygen atoms in total. The van der Waals surface area contributed by atoms with Crippen LogP contribution in [-0.2, 0) is 23.0 Å². The molecule has 1 unspecified atom stereocenters. The third-order valence-corrected chi connectivity index (χ3v) is 8.18. The fraction of sp³-hybridized carbons (Fsp3) is 0.238. The quantitative estimate of drug-likeness (QED) is 0.492. The van der Waals surface area contributed by atoms with Crippen LogP contribution < -0.4 is 0 Å². The summed E-state index contributed by atoms with van der Waals surface area (Å²) in [5.41, 5.74) is 3.72. The Morgan fingerprint density at radius 3 is 2.69 bits per heavy atom. The summed E-state index contributed by atoms with van der Waals surface area (Å²) in [5, 5.41) is 10.3. The van der Waals surface area contributed by atoms with E-state index in [-0.39, 0.29) is 18.3 Å². The predicted octanol–water partition coefficient (Wildman–Crippen LogP) is 3.47. The van der Waals surface area contributed by atoms with Gasteiger partial charge in [0.1, 0.15) is 5.52 Å². The van der Waals surface area contributed by atoms with Gasteiger partial charge in [0, 0.05) is 11.4 Å². The number of benzene rings is 2. The van der Waals surface area contributed by atoms with E-state index in [1.54, 1.807) is 20.3 Å². The molecule has 1 atom stereocenters. The second kappa shape index (κ2) is 7.37. The Bertz CT molecular complexity index is 1250. The maximum absolute atomic E-state index is 13.4.